The molecule has 0 aliphatic carbocycles. The molecule has 0 unspecified atom stereocenters. The summed E-state index contributed by atoms with van der Waals surface area (Å²) in [4.78, 5) is 0. The Morgan fingerprint density at radius 2 is 1.65 bits per heavy atom. The minimum atomic E-state index is -2.38. The van der Waals surface area contributed by atoms with Crippen LogP contribution in [0.25, 0.3) is 0 Å². The molecule has 5 atom stereocenters. The average Bonchev–Trinajstić information content (AvgIpc) is 2.42. The van der Waals surface area contributed by atoms with Gasteiger partial charge in [0.15, 0.2) is 0 Å². The Balaban J connectivity index is 2.23. The summed E-state index contributed by atoms with van der Waals surface area (Å²) in [6.07, 6.45) is 3.49. The SMILES string of the molecule is C=C[C@@H](C)[C@@H]1O[C@@H]2CO[Si](C(C)(C)C)(C(C)(C)C)O[C@@H]2C[C@@H]1C. The van der Waals surface area contributed by atoms with Crippen LogP contribution in [0.3, 0.4) is 0 Å². The van der Waals surface area contributed by atoms with Crippen LogP contribution in [0.4, 0.5) is 0 Å². The number of hydrogen-bond acceptors (Lipinski definition) is 3. The summed E-state index contributed by atoms with van der Waals surface area (Å²) >= 11 is 0. The molecule has 0 bridgehead atoms. The third-order valence-electron chi connectivity index (χ3n) is 5.54. The molecule has 0 N–H and O–H groups in total. The van der Waals surface area contributed by atoms with Crippen molar-refractivity contribution in [3.8, 4) is 0 Å². The summed E-state index contributed by atoms with van der Waals surface area (Å²) in [6, 6.07) is 0. The van der Waals surface area contributed by atoms with Crippen LogP contribution in [-0.4, -0.2) is 33.5 Å². The van der Waals surface area contributed by atoms with Crippen LogP contribution in [0.15, 0.2) is 12.7 Å². The second-order valence-corrected chi connectivity index (χ2v) is 14.3. The van der Waals surface area contributed by atoms with E-state index in [0.29, 0.717) is 18.4 Å². The third-order valence-corrected chi connectivity index (χ3v) is 10.7. The van der Waals surface area contributed by atoms with Gasteiger partial charge in [-0.1, -0.05) is 61.5 Å². The molecule has 23 heavy (non-hydrogen) atoms. The van der Waals surface area contributed by atoms with E-state index in [1.165, 1.54) is 0 Å². The normalized spacial score (nSPS) is 36.2. The number of rotatable bonds is 2. The highest BCUT2D eigenvalue weighted by molar-refractivity contribution is 6.73. The van der Waals surface area contributed by atoms with E-state index < -0.39 is 8.56 Å². The van der Waals surface area contributed by atoms with Crippen LogP contribution in [0.1, 0.15) is 61.8 Å². The predicted molar refractivity (Wildman–Crippen MR) is 97.8 cm³/mol. The molecule has 2 saturated heterocycles. The lowest BCUT2D eigenvalue weighted by molar-refractivity contribution is -0.187. The van der Waals surface area contributed by atoms with Gasteiger partial charge in [-0.3, -0.25) is 0 Å². The zero-order valence-corrected chi connectivity index (χ0v) is 17.3. The number of fused-ring (bicyclic) bond motifs is 1. The Bertz CT molecular complexity index is 421. The molecule has 4 heteroatoms. The van der Waals surface area contributed by atoms with Gasteiger partial charge in [-0.2, -0.15) is 0 Å². The third kappa shape index (κ3) is 3.32. The zero-order valence-electron chi connectivity index (χ0n) is 16.3. The Morgan fingerprint density at radius 1 is 1.09 bits per heavy atom. The monoisotopic (exact) mass is 340 g/mol. The fourth-order valence-corrected chi connectivity index (χ4v) is 9.45. The van der Waals surface area contributed by atoms with Crippen LogP contribution in [-0.2, 0) is 13.6 Å². The van der Waals surface area contributed by atoms with Crippen molar-refractivity contribution in [1.82, 2.24) is 0 Å². The van der Waals surface area contributed by atoms with E-state index in [0.717, 1.165) is 6.42 Å². The van der Waals surface area contributed by atoms with Crippen LogP contribution in [0.2, 0.25) is 10.1 Å². The molecule has 0 amide bonds. The fourth-order valence-electron chi connectivity index (χ4n) is 4.48. The molecule has 0 saturated carbocycles. The standard InChI is InChI=1S/C19H36O3Si/c1-10-13(2)17-14(3)11-15-16(21-17)12-20-23(22-15,18(4,5)6)19(7,8)9/h10,13-17H,1,11-12H2,2-9H3/t13-,14+,15-,16-,17+/m1/s1. The van der Waals surface area contributed by atoms with Crippen molar-refractivity contribution < 1.29 is 13.6 Å². The van der Waals surface area contributed by atoms with Gasteiger partial charge in [0.2, 0.25) is 0 Å². The van der Waals surface area contributed by atoms with Gasteiger partial charge in [0.05, 0.1) is 18.8 Å². The van der Waals surface area contributed by atoms with Crippen molar-refractivity contribution in [3.05, 3.63) is 12.7 Å². The molecule has 2 heterocycles. The molecule has 2 fully saturated rings. The van der Waals surface area contributed by atoms with Crippen LogP contribution >= 0.6 is 0 Å². The molecule has 0 aromatic heterocycles. The molecular formula is C19H36O3Si. The largest absolute Gasteiger partial charge is 0.391 e. The van der Waals surface area contributed by atoms with E-state index in [-0.39, 0.29) is 28.4 Å². The average molecular weight is 341 g/mol. The molecule has 3 nitrogen and oxygen atoms in total. The molecule has 0 aromatic rings. The lowest BCUT2D eigenvalue weighted by Gasteiger charge is -2.57. The second kappa shape index (κ2) is 6.29. The number of ether oxygens (including phenoxy) is 1. The first kappa shape index (κ1) is 19.2. The molecule has 0 spiro atoms. The van der Waals surface area contributed by atoms with Crippen molar-refractivity contribution in [2.45, 2.75) is 90.2 Å². The highest BCUT2D eigenvalue weighted by atomic mass is 28.4. The van der Waals surface area contributed by atoms with E-state index in [1.54, 1.807) is 0 Å². The molecule has 2 aliphatic rings. The molecular weight excluding hydrogens is 304 g/mol. The highest BCUT2D eigenvalue weighted by Crippen LogP contribution is 2.55. The quantitative estimate of drug-likeness (QED) is 0.519. The van der Waals surface area contributed by atoms with E-state index in [2.05, 4.69) is 62.0 Å². The topological polar surface area (TPSA) is 27.7 Å². The summed E-state index contributed by atoms with van der Waals surface area (Å²) in [5, 5.41) is 0.0649. The van der Waals surface area contributed by atoms with Crippen molar-refractivity contribution in [2.75, 3.05) is 6.61 Å². The van der Waals surface area contributed by atoms with Crippen molar-refractivity contribution in [2.24, 2.45) is 11.8 Å². The minimum Gasteiger partial charge on any atom is -0.391 e. The Hall–Kier alpha value is -0.163. The molecule has 0 radical (unpaired) electrons. The maximum atomic E-state index is 6.80. The molecule has 2 rings (SSSR count). The van der Waals surface area contributed by atoms with Gasteiger partial charge >= 0.3 is 8.56 Å². The first-order chi connectivity index (χ1) is 10.4. The van der Waals surface area contributed by atoms with Gasteiger partial charge in [-0.15, -0.1) is 6.58 Å². The van der Waals surface area contributed by atoms with Gasteiger partial charge < -0.3 is 13.6 Å². The Kier molecular flexibility index (Phi) is 5.24. The van der Waals surface area contributed by atoms with Crippen molar-refractivity contribution in [3.63, 3.8) is 0 Å². The zero-order chi connectivity index (χ0) is 17.6. The van der Waals surface area contributed by atoms with Gasteiger partial charge in [-0.25, -0.2) is 0 Å². The molecule has 0 aromatic carbocycles. The maximum Gasteiger partial charge on any atom is 0.349 e. The van der Waals surface area contributed by atoms with Gasteiger partial charge in [0.1, 0.15) is 6.10 Å². The lowest BCUT2D eigenvalue weighted by Crippen LogP contribution is -2.67. The van der Waals surface area contributed by atoms with Crippen LogP contribution in [0.5, 0.6) is 0 Å². The van der Waals surface area contributed by atoms with E-state index >= 15 is 0 Å². The Labute approximate surface area is 144 Å². The lowest BCUT2D eigenvalue weighted by atomic mass is 9.85. The van der Waals surface area contributed by atoms with Crippen molar-refractivity contribution in [1.29, 1.82) is 0 Å². The van der Waals surface area contributed by atoms with E-state index in [4.69, 9.17) is 13.6 Å². The summed E-state index contributed by atoms with van der Waals surface area (Å²) in [5.41, 5.74) is 0. The van der Waals surface area contributed by atoms with Gasteiger partial charge in [0, 0.05) is 16.0 Å². The first-order valence-corrected chi connectivity index (χ1v) is 10.8. The summed E-state index contributed by atoms with van der Waals surface area (Å²) < 4.78 is 19.7. The summed E-state index contributed by atoms with van der Waals surface area (Å²) in [7, 11) is -2.38. The summed E-state index contributed by atoms with van der Waals surface area (Å²) in [6.45, 7) is 22.6. The maximum absolute atomic E-state index is 6.80. The van der Waals surface area contributed by atoms with Gasteiger partial charge in [-0.05, 0) is 12.3 Å². The second-order valence-electron chi connectivity index (χ2n) is 9.53. The number of hydrogen-bond donors (Lipinski definition) is 0. The fraction of sp³-hybridized carbons (Fsp3) is 0.895. The summed E-state index contributed by atoms with van der Waals surface area (Å²) in [5.74, 6) is 0.842. The highest BCUT2D eigenvalue weighted by Gasteiger charge is 2.62. The van der Waals surface area contributed by atoms with Crippen LogP contribution in [0, 0.1) is 11.8 Å². The van der Waals surface area contributed by atoms with Crippen LogP contribution < -0.4 is 0 Å². The van der Waals surface area contributed by atoms with E-state index in [1.807, 2.05) is 6.08 Å². The smallest absolute Gasteiger partial charge is 0.349 e. The molecule has 2 aliphatic heterocycles. The Morgan fingerprint density at radius 3 is 2.13 bits per heavy atom. The molecule has 134 valence electrons. The first-order valence-electron chi connectivity index (χ1n) is 9.03. The van der Waals surface area contributed by atoms with E-state index in [9.17, 15) is 0 Å². The van der Waals surface area contributed by atoms with Crippen molar-refractivity contribution >= 4 is 8.56 Å². The van der Waals surface area contributed by atoms with Gasteiger partial charge in [0.25, 0.3) is 0 Å². The predicted octanol–water partition coefficient (Wildman–Crippen LogP) is 5.06. The minimum absolute atomic E-state index is 0.0325.